The van der Waals surface area contributed by atoms with Gasteiger partial charge in [0.25, 0.3) is 5.91 Å². The Morgan fingerprint density at radius 1 is 0.946 bits per heavy atom. The van der Waals surface area contributed by atoms with Gasteiger partial charge in [-0.1, -0.05) is 50.2 Å². The summed E-state index contributed by atoms with van der Waals surface area (Å²) in [6.07, 6.45) is 0. The molecule has 0 unspecified atom stereocenters. The van der Waals surface area contributed by atoms with Crippen molar-refractivity contribution in [2.45, 2.75) is 53.1 Å². The van der Waals surface area contributed by atoms with Crippen LogP contribution in [0.15, 0.2) is 66.7 Å². The molecule has 4 rings (SSSR count). The van der Waals surface area contributed by atoms with Crippen molar-refractivity contribution in [3.05, 3.63) is 100 Å². The molecule has 0 aliphatic carbocycles. The summed E-state index contributed by atoms with van der Waals surface area (Å²) in [5, 5.41) is 13.1. The number of carboxylic acid groups (broad SMARTS) is 1. The van der Waals surface area contributed by atoms with Gasteiger partial charge in [0, 0.05) is 28.7 Å². The van der Waals surface area contributed by atoms with Crippen molar-refractivity contribution in [3.63, 3.8) is 0 Å². The summed E-state index contributed by atoms with van der Waals surface area (Å²) < 4.78 is 7.55. The number of nitrogens with one attached hydrogen (secondary N) is 1. The number of rotatable bonds is 9. The number of hydrogen-bond acceptors (Lipinski definition) is 3. The highest BCUT2D eigenvalue weighted by Crippen LogP contribution is 2.28. The number of aromatic nitrogens is 1. The summed E-state index contributed by atoms with van der Waals surface area (Å²) in [7, 11) is 0. The first-order chi connectivity index (χ1) is 17.6. The topological polar surface area (TPSA) is 80.6 Å². The lowest BCUT2D eigenvalue weighted by Crippen LogP contribution is -2.26. The second kappa shape index (κ2) is 10.9. The molecule has 1 aromatic heterocycles. The van der Waals surface area contributed by atoms with Crippen molar-refractivity contribution in [1.29, 1.82) is 0 Å². The second-order valence-corrected chi connectivity index (χ2v) is 9.88. The molecular formula is C31H34N2O4. The smallest absolute Gasteiger partial charge is 0.341 e. The molecule has 1 amide bonds. The number of hydrogen-bond donors (Lipinski definition) is 2. The van der Waals surface area contributed by atoms with Crippen LogP contribution in [0.3, 0.4) is 0 Å². The molecule has 0 saturated carbocycles. The van der Waals surface area contributed by atoms with Crippen molar-refractivity contribution < 1.29 is 19.4 Å². The van der Waals surface area contributed by atoms with E-state index in [-0.39, 0.29) is 18.6 Å². The average Bonchev–Trinajstić information content (AvgIpc) is 3.12. The SMILES string of the molecule is Cc1c(C)n(Cc2cccc(OCC(=O)O)c2)c2ccc(C(=O)N[C@@H](C)c3cccc(C(C)C)c3)cc12. The molecule has 1 atom stereocenters. The molecule has 6 nitrogen and oxygen atoms in total. The molecule has 0 saturated heterocycles. The fourth-order valence-corrected chi connectivity index (χ4v) is 4.61. The maximum Gasteiger partial charge on any atom is 0.341 e. The summed E-state index contributed by atoms with van der Waals surface area (Å²) in [6.45, 7) is 10.7. The number of carboxylic acids is 1. The van der Waals surface area contributed by atoms with Crippen LogP contribution in [0, 0.1) is 13.8 Å². The van der Waals surface area contributed by atoms with E-state index in [1.807, 2.05) is 49.4 Å². The van der Waals surface area contributed by atoms with Gasteiger partial charge >= 0.3 is 5.97 Å². The van der Waals surface area contributed by atoms with Crippen LogP contribution in [0.4, 0.5) is 0 Å². The van der Waals surface area contributed by atoms with Crippen LogP contribution in [-0.4, -0.2) is 28.2 Å². The quantitative estimate of drug-likeness (QED) is 0.280. The van der Waals surface area contributed by atoms with Crippen molar-refractivity contribution >= 4 is 22.8 Å². The first-order valence-electron chi connectivity index (χ1n) is 12.6. The highest BCUT2D eigenvalue weighted by atomic mass is 16.5. The third-order valence-electron chi connectivity index (χ3n) is 6.93. The normalized spacial score (nSPS) is 12.1. The Morgan fingerprint density at radius 2 is 1.68 bits per heavy atom. The molecule has 192 valence electrons. The van der Waals surface area contributed by atoms with E-state index in [1.165, 1.54) is 5.56 Å². The van der Waals surface area contributed by atoms with Crippen LogP contribution in [0.25, 0.3) is 10.9 Å². The van der Waals surface area contributed by atoms with E-state index in [0.29, 0.717) is 23.8 Å². The number of fused-ring (bicyclic) bond motifs is 1. The second-order valence-electron chi connectivity index (χ2n) is 9.88. The molecule has 37 heavy (non-hydrogen) atoms. The number of amides is 1. The minimum Gasteiger partial charge on any atom is -0.482 e. The number of benzene rings is 3. The molecule has 0 aliphatic heterocycles. The molecular weight excluding hydrogens is 464 g/mol. The summed E-state index contributed by atoms with van der Waals surface area (Å²) >= 11 is 0. The monoisotopic (exact) mass is 498 g/mol. The lowest BCUT2D eigenvalue weighted by Gasteiger charge is -2.16. The fraction of sp³-hybridized carbons (Fsp3) is 0.290. The zero-order valence-corrected chi connectivity index (χ0v) is 22.0. The van der Waals surface area contributed by atoms with E-state index < -0.39 is 5.97 Å². The maximum atomic E-state index is 13.2. The van der Waals surface area contributed by atoms with Crippen molar-refractivity contribution in [3.8, 4) is 5.75 Å². The highest BCUT2D eigenvalue weighted by Gasteiger charge is 2.17. The van der Waals surface area contributed by atoms with E-state index in [0.717, 1.165) is 33.3 Å². The van der Waals surface area contributed by atoms with Gasteiger partial charge in [-0.2, -0.15) is 0 Å². The van der Waals surface area contributed by atoms with Gasteiger partial charge in [-0.15, -0.1) is 0 Å². The van der Waals surface area contributed by atoms with Crippen molar-refractivity contribution in [1.82, 2.24) is 9.88 Å². The highest BCUT2D eigenvalue weighted by molar-refractivity contribution is 5.99. The van der Waals surface area contributed by atoms with Gasteiger partial charge in [-0.3, -0.25) is 4.79 Å². The minimum atomic E-state index is -1.01. The number of aryl methyl sites for hydroxylation is 1. The van der Waals surface area contributed by atoms with E-state index in [4.69, 9.17) is 9.84 Å². The summed E-state index contributed by atoms with van der Waals surface area (Å²) in [5.41, 5.74) is 7.26. The standard InChI is InChI=1S/C31H34N2O4/c1-19(2)24-9-7-10-25(15-24)21(4)32-31(36)26-12-13-29-28(16-26)20(3)22(5)33(29)17-23-8-6-11-27(14-23)37-18-30(34)35/h6-16,19,21H,17-18H2,1-5H3,(H,32,36)(H,34,35)/t21-/m0/s1. The first kappa shape index (κ1) is 26.0. The van der Waals surface area contributed by atoms with Gasteiger partial charge in [-0.05, 0) is 79.3 Å². The van der Waals surface area contributed by atoms with Crippen LogP contribution < -0.4 is 10.1 Å². The lowest BCUT2D eigenvalue weighted by atomic mass is 9.98. The largest absolute Gasteiger partial charge is 0.482 e. The molecule has 0 aliphatic rings. The zero-order valence-electron chi connectivity index (χ0n) is 22.0. The molecule has 0 fully saturated rings. The summed E-state index contributed by atoms with van der Waals surface area (Å²) in [6, 6.07) is 21.6. The van der Waals surface area contributed by atoms with Gasteiger partial charge in [0.05, 0.1) is 6.04 Å². The Hall–Kier alpha value is -4.06. The first-order valence-corrected chi connectivity index (χ1v) is 12.6. The Labute approximate surface area is 217 Å². The summed E-state index contributed by atoms with van der Waals surface area (Å²) in [4.78, 5) is 24.0. The summed E-state index contributed by atoms with van der Waals surface area (Å²) in [5.74, 6) is -0.151. The predicted molar refractivity (Wildman–Crippen MR) is 146 cm³/mol. The number of nitrogens with zero attached hydrogens (tertiary/aromatic N) is 1. The van der Waals surface area contributed by atoms with Gasteiger partial charge in [0.15, 0.2) is 6.61 Å². The lowest BCUT2D eigenvalue weighted by molar-refractivity contribution is -0.139. The van der Waals surface area contributed by atoms with E-state index in [9.17, 15) is 9.59 Å². The Morgan fingerprint density at radius 3 is 2.41 bits per heavy atom. The molecule has 3 aromatic carbocycles. The Bertz CT molecular complexity index is 1450. The van der Waals surface area contributed by atoms with Crippen molar-refractivity contribution in [2.24, 2.45) is 0 Å². The fourth-order valence-electron chi connectivity index (χ4n) is 4.61. The molecule has 4 aromatic rings. The van der Waals surface area contributed by atoms with E-state index in [1.54, 1.807) is 6.07 Å². The number of ether oxygens (including phenoxy) is 1. The Balaban J connectivity index is 1.56. The molecule has 0 spiro atoms. The van der Waals surface area contributed by atoms with E-state index >= 15 is 0 Å². The minimum absolute atomic E-state index is 0.0996. The zero-order chi connectivity index (χ0) is 26.7. The Kier molecular flexibility index (Phi) is 7.67. The van der Waals surface area contributed by atoms with Crippen molar-refractivity contribution in [2.75, 3.05) is 6.61 Å². The maximum absolute atomic E-state index is 13.2. The molecule has 1 heterocycles. The van der Waals surface area contributed by atoms with Gasteiger partial charge in [0.1, 0.15) is 5.75 Å². The van der Waals surface area contributed by atoms with Crippen LogP contribution in [-0.2, 0) is 11.3 Å². The average molecular weight is 499 g/mol. The number of carbonyl (C=O) groups is 2. The van der Waals surface area contributed by atoms with Gasteiger partial charge in [0.2, 0.25) is 0 Å². The van der Waals surface area contributed by atoms with Crippen LogP contribution in [0.5, 0.6) is 5.75 Å². The predicted octanol–water partition coefficient (Wildman–Crippen LogP) is 6.38. The third kappa shape index (κ3) is 5.85. The van der Waals surface area contributed by atoms with Gasteiger partial charge < -0.3 is 19.7 Å². The van der Waals surface area contributed by atoms with E-state index in [2.05, 4.69) is 55.8 Å². The van der Waals surface area contributed by atoms with Crippen LogP contribution in [0.1, 0.15) is 71.0 Å². The van der Waals surface area contributed by atoms with Crippen LogP contribution in [0.2, 0.25) is 0 Å². The number of carbonyl (C=O) groups excluding carboxylic acids is 1. The molecule has 0 bridgehead atoms. The van der Waals surface area contributed by atoms with Crippen LogP contribution >= 0.6 is 0 Å². The molecule has 2 N–H and O–H groups in total. The third-order valence-corrected chi connectivity index (χ3v) is 6.93. The molecule has 0 radical (unpaired) electrons. The van der Waals surface area contributed by atoms with Gasteiger partial charge in [-0.25, -0.2) is 4.79 Å². The number of aliphatic carboxylic acids is 1. The molecule has 6 heteroatoms.